The smallest absolute Gasteiger partial charge is 0.303 e. The summed E-state index contributed by atoms with van der Waals surface area (Å²) in [5.74, 6) is -4.23. The van der Waals surface area contributed by atoms with E-state index in [1.807, 2.05) is 0 Å². The fraction of sp³-hybridized carbons (Fsp3) is 0.731. The van der Waals surface area contributed by atoms with Crippen LogP contribution in [-0.4, -0.2) is 64.7 Å². The average molecular weight is 495 g/mol. The van der Waals surface area contributed by atoms with Gasteiger partial charge in [0, 0.05) is 23.7 Å². The molecule has 0 unspecified atom stereocenters. The lowest BCUT2D eigenvalue weighted by Gasteiger charge is -2.63. The molecule has 5 aliphatic rings. The molecule has 1 aliphatic heterocycles. The van der Waals surface area contributed by atoms with Crippen molar-refractivity contribution < 1.29 is 42.5 Å². The van der Waals surface area contributed by atoms with Crippen molar-refractivity contribution in [1.82, 2.24) is 0 Å². The van der Waals surface area contributed by atoms with Gasteiger partial charge in [0.15, 0.2) is 29.4 Å². The molecule has 9 heteroatoms. The number of hydrogen-bond donors (Lipinski definition) is 1. The lowest BCUT2D eigenvalue weighted by molar-refractivity contribution is -0.249. The summed E-state index contributed by atoms with van der Waals surface area (Å²) in [5, 5.41) is 11.5. The number of aliphatic hydroxyl groups excluding tert-OH is 1. The number of ether oxygens (including phenoxy) is 3. The second-order valence-electron chi connectivity index (χ2n) is 11.6. The molecule has 7 nitrogen and oxygen atoms in total. The Bertz CT molecular complexity index is 1070. The second kappa shape index (κ2) is 7.29. The molecule has 192 valence electrons. The van der Waals surface area contributed by atoms with E-state index < -0.39 is 82.2 Å². The summed E-state index contributed by atoms with van der Waals surface area (Å²) in [4.78, 5) is 37.1. The van der Waals surface area contributed by atoms with Crippen LogP contribution in [0.3, 0.4) is 0 Å². The van der Waals surface area contributed by atoms with Gasteiger partial charge in [-0.15, -0.1) is 0 Å². The van der Waals surface area contributed by atoms with E-state index in [-0.39, 0.29) is 24.8 Å². The van der Waals surface area contributed by atoms with Gasteiger partial charge in [0.25, 0.3) is 0 Å². The topological polar surface area (TPSA) is 99.1 Å². The number of carbonyl (C=O) groups is 3. The van der Waals surface area contributed by atoms with Crippen LogP contribution in [0.2, 0.25) is 0 Å². The van der Waals surface area contributed by atoms with E-state index in [9.17, 15) is 19.5 Å². The SMILES string of the molecule is CC(=O)OCC(=O)[C@@]12OC(C)(C)O[C@@H]1C[C@@H]1[C@@H]3C[C@H](F)C4=CC(=O)C=C[C@]4(C)[C@@]3(F)[C@@H](O)C[C@]12C. The molecule has 0 spiro atoms. The Morgan fingerprint density at radius 2 is 1.89 bits per heavy atom. The molecule has 0 aromatic heterocycles. The normalized spacial score (nSPS) is 49.4. The predicted molar refractivity (Wildman–Crippen MR) is 118 cm³/mol. The van der Waals surface area contributed by atoms with Crippen molar-refractivity contribution in [2.45, 2.75) is 89.3 Å². The van der Waals surface area contributed by atoms with Crippen molar-refractivity contribution >= 4 is 17.5 Å². The minimum absolute atomic E-state index is 0.0406. The van der Waals surface area contributed by atoms with Crippen LogP contribution in [0.1, 0.15) is 53.9 Å². The van der Waals surface area contributed by atoms with Gasteiger partial charge in [-0.1, -0.05) is 13.0 Å². The largest absolute Gasteiger partial charge is 0.458 e. The van der Waals surface area contributed by atoms with Gasteiger partial charge in [-0.2, -0.15) is 0 Å². The number of ketones is 2. The molecule has 0 radical (unpaired) electrons. The molecule has 1 saturated heterocycles. The van der Waals surface area contributed by atoms with Gasteiger partial charge in [0.2, 0.25) is 5.78 Å². The monoisotopic (exact) mass is 494 g/mol. The first-order valence-corrected chi connectivity index (χ1v) is 12.1. The van der Waals surface area contributed by atoms with Crippen molar-refractivity contribution in [2.24, 2.45) is 22.7 Å². The van der Waals surface area contributed by atoms with Crippen LogP contribution in [-0.2, 0) is 28.6 Å². The summed E-state index contributed by atoms with van der Waals surface area (Å²) >= 11 is 0. The molecule has 1 heterocycles. The molecule has 35 heavy (non-hydrogen) atoms. The fourth-order valence-electron chi connectivity index (χ4n) is 8.08. The zero-order valence-electron chi connectivity index (χ0n) is 20.6. The first kappa shape index (κ1) is 24.7. The number of carbonyl (C=O) groups excluding carboxylic acids is 3. The predicted octanol–water partition coefficient (Wildman–Crippen LogP) is 2.94. The van der Waals surface area contributed by atoms with E-state index in [1.54, 1.807) is 20.8 Å². The first-order chi connectivity index (χ1) is 16.1. The lowest BCUT2D eigenvalue weighted by atomic mass is 9.44. The van der Waals surface area contributed by atoms with Crippen LogP contribution >= 0.6 is 0 Å². The Kier molecular flexibility index (Phi) is 5.15. The maximum absolute atomic E-state index is 17.3. The Labute approximate surface area is 202 Å². The van der Waals surface area contributed by atoms with E-state index in [4.69, 9.17) is 14.2 Å². The first-order valence-electron chi connectivity index (χ1n) is 12.1. The number of Topliss-reactive ketones (excluding diaryl/α,β-unsaturated/α-hetero) is 1. The number of esters is 1. The summed E-state index contributed by atoms with van der Waals surface area (Å²) in [7, 11) is 0. The lowest BCUT2D eigenvalue weighted by Crippen LogP contribution is -2.71. The van der Waals surface area contributed by atoms with Crippen LogP contribution in [0.25, 0.3) is 0 Å². The molecule has 3 saturated carbocycles. The third-order valence-corrected chi connectivity index (χ3v) is 9.44. The highest BCUT2D eigenvalue weighted by atomic mass is 19.1. The molecule has 5 rings (SSSR count). The molecule has 9 atom stereocenters. The molecule has 0 amide bonds. The van der Waals surface area contributed by atoms with E-state index >= 15 is 8.78 Å². The van der Waals surface area contributed by atoms with Crippen molar-refractivity contribution in [3.05, 3.63) is 23.8 Å². The molecule has 0 bridgehead atoms. The summed E-state index contributed by atoms with van der Waals surface area (Å²) < 4.78 is 50.3. The molecule has 4 fully saturated rings. The van der Waals surface area contributed by atoms with Gasteiger partial charge in [0.1, 0.15) is 6.17 Å². The second-order valence-corrected chi connectivity index (χ2v) is 11.6. The minimum Gasteiger partial charge on any atom is -0.458 e. The fourth-order valence-corrected chi connectivity index (χ4v) is 8.08. The summed E-state index contributed by atoms with van der Waals surface area (Å²) in [6.07, 6.45) is -0.345. The maximum atomic E-state index is 17.3. The van der Waals surface area contributed by atoms with Gasteiger partial charge in [0.05, 0.1) is 12.2 Å². The van der Waals surface area contributed by atoms with Gasteiger partial charge in [-0.05, 0) is 63.7 Å². The average Bonchev–Trinajstić information content (AvgIpc) is 3.16. The van der Waals surface area contributed by atoms with Crippen LogP contribution in [0.4, 0.5) is 8.78 Å². The Morgan fingerprint density at radius 3 is 2.54 bits per heavy atom. The molecule has 4 aliphatic carbocycles. The van der Waals surface area contributed by atoms with Crippen molar-refractivity contribution in [3.8, 4) is 0 Å². The number of hydrogen-bond acceptors (Lipinski definition) is 7. The Balaban J connectivity index is 1.62. The highest BCUT2D eigenvalue weighted by Gasteiger charge is 2.80. The number of halogens is 2. The highest BCUT2D eigenvalue weighted by molar-refractivity contribution is 6.01. The molecular weight excluding hydrogens is 462 g/mol. The van der Waals surface area contributed by atoms with Crippen LogP contribution in [0.5, 0.6) is 0 Å². The summed E-state index contributed by atoms with van der Waals surface area (Å²) in [6.45, 7) is 7.28. The Morgan fingerprint density at radius 1 is 1.20 bits per heavy atom. The third kappa shape index (κ3) is 2.95. The number of alkyl halides is 2. The zero-order chi connectivity index (χ0) is 25.8. The van der Waals surface area contributed by atoms with Gasteiger partial charge in [-0.3, -0.25) is 14.4 Å². The number of aliphatic hydroxyl groups is 1. The molecular formula is C26H32F2O7. The molecule has 0 aromatic rings. The molecule has 0 aromatic carbocycles. The van der Waals surface area contributed by atoms with Crippen molar-refractivity contribution in [2.75, 3.05) is 6.61 Å². The van der Waals surface area contributed by atoms with E-state index in [2.05, 4.69) is 0 Å². The van der Waals surface area contributed by atoms with Crippen LogP contribution in [0.15, 0.2) is 23.8 Å². The summed E-state index contributed by atoms with van der Waals surface area (Å²) in [5.41, 5.74) is -6.46. The Hall–Kier alpha value is -1.97. The van der Waals surface area contributed by atoms with Crippen molar-refractivity contribution in [3.63, 3.8) is 0 Å². The van der Waals surface area contributed by atoms with E-state index in [0.29, 0.717) is 0 Å². The van der Waals surface area contributed by atoms with Crippen molar-refractivity contribution in [1.29, 1.82) is 0 Å². The zero-order valence-corrected chi connectivity index (χ0v) is 20.6. The number of rotatable bonds is 3. The van der Waals surface area contributed by atoms with Crippen LogP contribution in [0, 0.1) is 22.7 Å². The minimum atomic E-state index is -2.27. The van der Waals surface area contributed by atoms with E-state index in [1.165, 1.54) is 26.0 Å². The quantitative estimate of drug-likeness (QED) is 0.603. The number of allylic oxidation sites excluding steroid dienone is 4. The summed E-state index contributed by atoms with van der Waals surface area (Å²) in [6, 6.07) is 0. The van der Waals surface area contributed by atoms with Gasteiger partial charge < -0.3 is 19.3 Å². The standard InChI is InChI=1S/C26H32F2O7/c1-13(29)33-12-20(32)26-21(34-22(2,3)35-26)10-15-16-9-18(27)17-8-14(30)6-7-23(17,4)25(16,28)19(31)11-24(15,26)5/h6-8,15-16,18-19,21,31H,9-12H2,1-5H3/t15-,16+,18+,19+,21-,23+,24-,25+,26-/m1/s1. The van der Waals surface area contributed by atoms with Gasteiger partial charge in [-0.25, -0.2) is 8.78 Å². The molecule has 1 N–H and O–H groups in total. The highest BCUT2D eigenvalue weighted by Crippen LogP contribution is 2.72. The van der Waals surface area contributed by atoms with Crippen LogP contribution < -0.4 is 0 Å². The van der Waals surface area contributed by atoms with Gasteiger partial charge >= 0.3 is 5.97 Å². The third-order valence-electron chi connectivity index (χ3n) is 9.44. The van der Waals surface area contributed by atoms with E-state index in [0.717, 1.165) is 6.08 Å². The maximum Gasteiger partial charge on any atom is 0.303 e. The number of fused-ring (bicyclic) bond motifs is 7.